The van der Waals surface area contributed by atoms with Crippen molar-refractivity contribution < 1.29 is 22.8 Å². The van der Waals surface area contributed by atoms with Crippen molar-refractivity contribution in [2.45, 2.75) is 44.7 Å². The van der Waals surface area contributed by atoms with Crippen molar-refractivity contribution >= 4 is 26.8 Å². The average Bonchev–Trinajstić information content (AvgIpc) is 3.53. The van der Waals surface area contributed by atoms with Gasteiger partial charge in [-0.15, -0.1) is 0 Å². The fourth-order valence-electron chi connectivity index (χ4n) is 5.61. The molecule has 202 valence electrons. The third-order valence-corrected chi connectivity index (χ3v) is 9.13. The lowest BCUT2D eigenvalue weighted by Crippen LogP contribution is -2.46. The summed E-state index contributed by atoms with van der Waals surface area (Å²) in [7, 11) is -4.47. The number of hydrogen-bond acceptors (Lipinski definition) is 7. The van der Waals surface area contributed by atoms with Gasteiger partial charge in [0.15, 0.2) is 5.78 Å². The quantitative estimate of drug-likeness (QED) is 0.446. The predicted molar refractivity (Wildman–Crippen MR) is 145 cm³/mol. The standard InChI is InChI=1S/C29H30N4O5S/c1-19(2)15-24(22-6-3-5-21(16-22)20-8-12-30-13-9-20)28(35)32-14-10-25-27(32)26(34)18-33(25)39(37,38)29(36)23-7-4-11-31-17-23/h3-9,11-13,16-17,19,24-25,27H,10,14-15,18H2,1-2H3. The van der Waals surface area contributed by atoms with Crippen molar-refractivity contribution in [3.05, 3.63) is 84.4 Å². The van der Waals surface area contributed by atoms with Crippen LogP contribution in [0.4, 0.5) is 0 Å². The zero-order chi connectivity index (χ0) is 27.7. The van der Waals surface area contributed by atoms with E-state index in [1.165, 1.54) is 29.4 Å². The van der Waals surface area contributed by atoms with Gasteiger partial charge in [-0.1, -0.05) is 38.1 Å². The first-order chi connectivity index (χ1) is 18.7. The Morgan fingerprint density at radius 1 is 1.00 bits per heavy atom. The molecule has 4 heterocycles. The maximum Gasteiger partial charge on any atom is 0.293 e. The van der Waals surface area contributed by atoms with Gasteiger partial charge in [0, 0.05) is 31.3 Å². The van der Waals surface area contributed by atoms with Crippen LogP contribution < -0.4 is 0 Å². The lowest BCUT2D eigenvalue weighted by Gasteiger charge is -2.29. The Labute approximate surface area is 227 Å². The summed E-state index contributed by atoms with van der Waals surface area (Å²) < 4.78 is 27.5. The first kappa shape index (κ1) is 26.8. The van der Waals surface area contributed by atoms with Crippen LogP contribution in [0.15, 0.2) is 73.3 Å². The van der Waals surface area contributed by atoms with Gasteiger partial charge in [-0.3, -0.25) is 24.4 Å². The van der Waals surface area contributed by atoms with Crippen molar-refractivity contribution in [2.75, 3.05) is 13.1 Å². The van der Waals surface area contributed by atoms with Gasteiger partial charge in [0.05, 0.1) is 24.1 Å². The summed E-state index contributed by atoms with van der Waals surface area (Å²) in [5.74, 6) is -0.868. The normalized spacial score (nSPS) is 20.3. The molecule has 1 amide bonds. The molecule has 0 saturated carbocycles. The zero-order valence-electron chi connectivity index (χ0n) is 21.8. The number of fused-ring (bicyclic) bond motifs is 1. The Balaban J connectivity index is 1.42. The molecule has 2 aliphatic rings. The summed E-state index contributed by atoms with van der Waals surface area (Å²) in [5, 5.41) is -1.10. The van der Waals surface area contributed by atoms with Crippen molar-refractivity contribution in [1.82, 2.24) is 19.2 Å². The number of pyridine rings is 2. The number of benzene rings is 1. The van der Waals surface area contributed by atoms with E-state index in [-0.39, 0.29) is 36.1 Å². The van der Waals surface area contributed by atoms with Gasteiger partial charge in [0.25, 0.3) is 15.1 Å². The van der Waals surface area contributed by atoms with Crippen LogP contribution in [0.25, 0.3) is 11.1 Å². The van der Waals surface area contributed by atoms with Gasteiger partial charge < -0.3 is 4.90 Å². The van der Waals surface area contributed by atoms with Crippen LogP contribution in [0.5, 0.6) is 0 Å². The summed E-state index contributed by atoms with van der Waals surface area (Å²) in [6.45, 7) is 3.89. The molecule has 3 aromatic rings. The van der Waals surface area contributed by atoms with E-state index >= 15 is 0 Å². The highest BCUT2D eigenvalue weighted by Gasteiger charge is 2.55. The highest BCUT2D eigenvalue weighted by Crippen LogP contribution is 2.37. The molecule has 3 unspecified atom stereocenters. The maximum atomic E-state index is 14.0. The summed E-state index contributed by atoms with van der Waals surface area (Å²) in [6.07, 6.45) is 6.92. The molecule has 2 saturated heterocycles. The second kappa shape index (κ2) is 10.8. The number of Topliss-reactive ketones (excluding diaryl/α,β-unsaturated/α-hetero) is 1. The van der Waals surface area contributed by atoms with Crippen molar-refractivity contribution in [1.29, 1.82) is 0 Å². The van der Waals surface area contributed by atoms with Crippen LogP contribution in [-0.2, 0) is 19.6 Å². The van der Waals surface area contributed by atoms with E-state index in [0.29, 0.717) is 6.42 Å². The Morgan fingerprint density at radius 3 is 2.46 bits per heavy atom. The van der Waals surface area contributed by atoms with Gasteiger partial charge in [-0.05, 0) is 59.7 Å². The number of carbonyl (C=O) groups is 3. The predicted octanol–water partition coefficient (Wildman–Crippen LogP) is 3.30. The molecule has 10 heteroatoms. The third-order valence-electron chi connectivity index (χ3n) is 7.41. The lowest BCUT2D eigenvalue weighted by atomic mass is 9.87. The van der Waals surface area contributed by atoms with Gasteiger partial charge >= 0.3 is 0 Å². The molecular formula is C29H30N4O5S. The van der Waals surface area contributed by atoms with E-state index in [4.69, 9.17) is 0 Å². The van der Waals surface area contributed by atoms with E-state index in [1.54, 1.807) is 12.4 Å². The highest BCUT2D eigenvalue weighted by atomic mass is 32.2. The Morgan fingerprint density at radius 2 is 1.77 bits per heavy atom. The van der Waals surface area contributed by atoms with E-state index in [1.807, 2.05) is 50.2 Å². The number of likely N-dealkylation sites (tertiary alicyclic amines) is 1. The maximum absolute atomic E-state index is 14.0. The van der Waals surface area contributed by atoms with Crippen molar-refractivity contribution in [3.63, 3.8) is 0 Å². The second-order valence-corrected chi connectivity index (χ2v) is 12.2. The van der Waals surface area contributed by atoms with E-state index in [2.05, 4.69) is 9.97 Å². The molecule has 0 N–H and O–H groups in total. The smallest absolute Gasteiger partial charge is 0.293 e. The minimum atomic E-state index is -4.47. The molecule has 2 fully saturated rings. The summed E-state index contributed by atoms with van der Waals surface area (Å²) in [4.78, 5) is 49.5. The van der Waals surface area contributed by atoms with Crippen molar-refractivity contribution in [2.24, 2.45) is 5.92 Å². The highest BCUT2D eigenvalue weighted by molar-refractivity contribution is 8.04. The first-order valence-electron chi connectivity index (χ1n) is 13.0. The van der Waals surface area contributed by atoms with Crippen LogP contribution >= 0.6 is 0 Å². The molecule has 0 radical (unpaired) electrons. The zero-order valence-corrected chi connectivity index (χ0v) is 22.6. The number of nitrogens with zero attached hydrogens (tertiary/aromatic N) is 4. The van der Waals surface area contributed by atoms with Crippen molar-refractivity contribution in [3.8, 4) is 11.1 Å². The van der Waals surface area contributed by atoms with Gasteiger partial charge in [-0.25, -0.2) is 8.42 Å². The molecule has 5 rings (SSSR count). The monoisotopic (exact) mass is 546 g/mol. The summed E-state index contributed by atoms with van der Waals surface area (Å²) >= 11 is 0. The summed E-state index contributed by atoms with van der Waals surface area (Å²) in [6, 6.07) is 12.8. The Hall–Kier alpha value is -3.76. The SMILES string of the molecule is CC(C)CC(C(=O)N1CCC2C1C(=O)CN2S(=O)(=O)C(=O)c1cccnc1)c1cccc(-c2ccncc2)c1. The number of rotatable bonds is 7. The number of carbonyl (C=O) groups excluding carboxylic acids is 3. The fraction of sp³-hybridized carbons (Fsp3) is 0.345. The number of sulfonamides is 1. The molecule has 9 nitrogen and oxygen atoms in total. The van der Waals surface area contributed by atoms with E-state index in [0.717, 1.165) is 21.0 Å². The van der Waals surface area contributed by atoms with Crippen LogP contribution in [-0.4, -0.2) is 69.6 Å². The molecule has 0 bridgehead atoms. The summed E-state index contributed by atoms with van der Waals surface area (Å²) in [5.41, 5.74) is 2.71. The molecule has 3 atom stereocenters. The Kier molecular flexibility index (Phi) is 7.42. The molecule has 0 aliphatic carbocycles. The minimum absolute atomic E-state index is 0.0644. The van der Waals surface area contributed by atoms with Crippen LogP contribution in [0.1, 0.15) is 48.5 Å². The molecule has 1 aromatic carbocycles. The fourth-order valence-corrected chi connectivity index (χ4v) is 7.12. The number of ketones is 1. The number of aromatic nitrogens is 2. The number of hydrogen-bond donors (Lipinski definition) is 0. The molecular weight excluding hydrogens is 516 g/mol. The van der Waals surface area contributed by atoms with Gasteiger partial charge in [0.2, 0.25) is 5.91 Å². The third kappa shape index (κ3) is 5.14. The van der Waals surface area contributed by atoms with E-state index < -0.39 is 39.7 Å². The molecule has 0 spiro atoms. The first-order valence-corrected chi connectivity index (χ1v) is 14.4. The van der Waals surface area contributed by atoms with E-state index in [9.17, 15) is 22.8 Å². The molecule has 2 aliphatic heterocycles. The van der Waals surface area contributed by atoms with Crippen LogP contribution in [0.3, 0.4) is 0 Å². The topological polar surface area (TPSA) is 118 Å². The average molecular weight is 547 g/mol. The minimum Gasteiger partial charge on any atom is -0.330 e. The number of amides is 1. The lowest BCUT2D eigenvalue weighted by molar-refractivity contribution is -0.138. The Bertz CT molecular complexity index is 1490. The van der Waals surface area contributed by atoms with Gasteiger partial charge in [0.1, 0.15) is 6.04 Å². The van der Waals surface area contributed by atoms with Crippen LogP contribution in [0.2, 0.25) is 0 Å². The molecule has 2 aromatic heterocycles. The van der Waals surface area contributed by atoms with Gasteiger partial charge in [-0.2, -0.15) is 4.31 Å². The largest absolute Gasteiger partial charge is 0.330 e. The molecule has 39 heavy (non-hydrogen) atoms. The second-order valence-electron chi connectivity index (χ2n) is 10.4. The van der Waals surface area contributed by atoms with Crippen LogP contribution in [0, 0.1) is 5.92 Å².